The standard InChI is InChI=1S/C29H40N2O6/c1-21-10-12-25(37-21)19-30(15-14-22-11-13-26(34-2)27(17-22)35-3)28(32)20-31(18-24-9-6-16-36-24)29(33)23-7-4-5-8-23/h10-13,17,23-24H,4-9,14-16,18-20H2,1-3H3/t24-/m0/s1. The van der Waals surface area contributed by atoms with Crippen LogP contribution in [0.3, 0.4) is 0 Å². The van der Waals surface area contributed by atoms with Crippen molar-refractivity contribution in [2.75, 3.05) is 40.5 Å². The van der Waals surface area contributed by atoms with Crippen LogP contribution in [0, 0.1) is 12.8 Å². The summed E-state index contributed by atoms with van der Waals surface area (Å²) >= 11 is 0. The lowest BCUT2D eigenvalue weighted by molar-refractivity contribution is -0.144. The second-order valence-electron chi connectivity index (χ2n) is 10.1. The number of aryl methyl sites for hydroxylation is 1. The quantitative estimate of drug-likeness (QED) is 0.420. The average Bonchev–Trinajstić information content (AvgIpc) is 3.69. The minimum Gasteiger partial charge on any atom is -0.493 e. The molecule has 2 aromatic rings. The number of furan rings is 1. The molecule has 8 heteroatoms. The predicted octanol–water partition coefficient (Wildman–Crippen LogP) is 4.37. The summed E-state index contributed by atoms with van der Waals surface area (Å²) in [4.78, 5) is 30.7. The number of benzene rings is 1. The Balaban J connectivity index is 1.48. The van der Waals surface area contributed by atoms with E-state index in [9.17, 15) is 9.59 Å². The van der Waals surface area contributed by atoms with Crippen molar-refractivity contribution in [3.63, 3.8) is 0 Å². The molecule has 0 unspecified atom stereocenters. The van der Waals surface area contributed by atoms with Crippen molar-refractivity contribution in [2.24, 2.45) is 5.92 Å². The maximum Gasteiger partial charge on any atom is 0.242 e. The Labute approximate surface area is 219 Å². The number of carbonyl (C=O) groups excluding carboxylic acids is 2. The molecule has 1 aliphatic carbocycles. The molecule has 2 fully saturated rings. The van der Waals surface area contributed by atoms with Crippen molar-refractivity contribution < 1.29 is 28.2 Å². The van der Waals surface area contributed by atoms with Gasteiger partial charge >= 0.3 is 0 Å². The lowest BCUT2D eigenvalue weighted by Crippen LogP contribution is -2.47. The Bertz CT molecular complexity index is 1040. The summed E-state index contributed by atoms with van der Waals surface area (Å²) < 4.78 is 22.4. The molecule has 1 atom stereocenters. The van der Waals surface area contributed by atoms with Gasteiger partial charge in [-0.2, -0.15) is 0 Å². The maximum absolute atomic E-state index is 13.7. The van der Waals surface area contributed by atoms with Crippen LogP contribution < -0.4 is 9.47 Å². The molecule has 37 heavy (non-hydrogen) atoms. The molecule has 8 nitrogen and oxygen atoms in total. The van der Waals surface area contributed by atoms with E-state index < -0.39 is 0 Å². The molecule has 0 N–H and O–H groups in total. The van der Waals surface area contributed by atoms with Gasteiger partial charge in [-0.15, -0.1) is 0 Å². The van der Waals surface area contributed by atoms with E-state index in [-0.39, 0.29) is 30.4 Å². The van der Waals surface area contributed by atoms with Crippen molar-refractivity contribution in [3.05, 3.63) is 47.4 Å². The van der Waals surface area contributed by atoms with E-state index in [4.69, 9.17) is 18.6 Å². The van der Waals surface area contributed by atoms with Gasteiger partial charge in [0.05, 0.1) is 33.4 Å². The van der Waals surface area contributed by atoms with E-state index in [1.165, 1.54) is 0 Å². The Morgan fingerprint density at radius 1 is 0.973 bits per heavy atom. The van der Waals surface area contributed by atoms with E-state index in [2.05, 4.69) is 0 Å². The smallest absolute Gasteiger partial charge is 0.242 e. The Morgan fingerprint density at radius 3 is 2.41 bits per heavy atom. The molecule has 1 saturated carbocycles. The van der Waals surface area contributed by atoms with E-state index in [0.29, 0.717) is 37.6 Å². The number of amides is 2. The predicted molar refractivity (Wildman–Crippen MR) is 140 cm³/mol. The fourth-order valence-corrected chi connectivity index (χ4v) is 5.31. The molecule has 1 aromatic heterocycles. The van der Waals surface area contributed by atoms with Crippen LogP contribution in [-0.4, -0.2) is 68.2 Å². The van der Waals surface area contributed by atoms with Gasteiger partial charge in [0.15, 0.2) is 11.5 Å². The van der Waals surface area contributed by atoms with Gasteiger partial charge in [0.1, 0.15) is 11.5 Å². The van der Waals surface area contributed by atoms with E-state index in [1.54, 1.807) is 24.0 Å². The zero-order chi connectivity index (χ0) is 26.2. The molecule has 202 valence electrons. The first-order valence-electron chi connectivity index (χ1n) is 13.4. The Kier molecular flexibility index (Phi) is 9.50. The molecule has 4 rings (SSSR count). The number of ether oxygens (including phenoxy) is 3. The van der Waals surface area contributed by atoms with E-state index >= 15 is 0 Å². The van der Waals surface area contributed by atoms with Gasteiger partial charge < -0.3 is 28.4 Å². The third-order valence-corrected chi connectivity index (χ3v) is 7.40. The van der Waals surface area contributed by atoms with Crippen molar-refractivity contribution in [1.29, 1.82) is 0 Å². The summed E-state index contributed by atoms with van der Waals surface area (Å²) in [6.07, 6.45) is 6.53. The van der Waals surface area contributed by atoms with Crippen LogP contribution in [0.5, 0.6) is 11.5 Å². The fourth-order valence-electron chi connectivity index (χ4n) is 5.31. The minimum atomic E-state index is -0.0844. The first-order valence-corrected chi connectivity index (χ1v) is 13.4. The van der Waals surface area contributed by atoms with Crippen LogP contribution >= 0.6 is 0 Å². The molecule has 1 aromatic carbocycles. The topological polar surface area (TPSA) is 81.5 Å². The van der Waals surface area contributed by atoms with Crippen molar-refractivity contribution in [3.8, 4) is 11.5 Å². The highest BCUT2D eigenvalue weighted by atomic mass is 16.5. The van der Waals surface area contributed by atoms with Crippen LogP contribution in [0.2, 0.25) is 0 Å². The number of rotatable bonds is 12. The summed E-state index contributed by atoms with van der Waals surface area (Å²) in [5.41, 5.74) is 1.03. The second-order valence-corrected chi connectivity index (χ2v) is 10.1. The number of hydrogen-bond donors (Lipinski definition) is 0. The molecule has 2 heterocycles. The van der Waals surface area contributed by atoms with E-state index in [0.717, 1.165) is 62.2 Å². The average molecular weight is 513 g/mol. The van der Waals surface area contributed by atoms with Crippen LogP contribution in [0.1, 0.15) is 55.6 Å². The van der Waals surface area contributed by atoms with E-state index in [1.807, 2.05) is 37.3 Å². The third kappa shape index (κ3) is 7.28. The molecule has 1 aliphatic heterocycles. The molecule has 0 bridgehead atoms. The largest absolute Gasteiger partial charge is 0.493 e. The summed E-state index contributed by atoms with van der Waals surface area (Å²) in [6.45, 7) is 3.98. The molecular formula is C29H40N2O6. The van der Waals surface area contributed by atoms with Gasteiger partial charge in [0.2, 0.25) is 11.8 Å². The molecule has 2 aliphatic rings. The molecule has 1 saturated heterocycles. The summed E-state index contributed by atoms with van der Waals surface area (Å²) in [7, 11) is 3.22. The molecule has 0 radical (unpaired) electrons. The molecule has 0 spiro atoms. The first-order chi connectivity index (χ1) is 18.0. The monoisotopic (exact) mass is 512 g/mol. The Morgan fingerprint density at radius 2 is 1.76 bits per heavy atom. The summed E-state index contributed by atoms with van der Waals surface area (Å²) in [5.74, 6) is 2.88. The van der Waals surface area contributed by atoms with Gasteiger partial charge in [-0.1, -0.05) is 18.9 Å². The van der Waals surface area contributed by atoms with Gasteiger partial charge in [0.25, 0.3) is 0 Å². The van der Waals surface area contributed by atoms with Crippen molar-refractivity contribution >= 4 is 11.8 Å². The highest BCUT2D eigenvalue weighted by Gasteiger charge is 2.32. The van der Waals surface area contributed by atoms with Crippen molar-refractivity contribution in [2.45, 2.75) is 64.5 Å². The van der Waals surface area contributed by atoms with Gasteiger partial charge in [-0.05, 0) is 68.9 Å². The zero-order valence-corrected chi connectivity index (χ0v) is 22.4. The van der Waals surface area contributed by atoms with Crippen LogP contribution in [0.4, 0.5) is 0 Å². The number of carbonyl (C=O) groups is 2. The van der Waals surface area contributed by atoms with Gasteiger partial charge in [-0.3, -0.25) is 9.59 Å². The number of methoxy groups -OCH3 is 2. The fraction of sp³-hybridized carbons (Fsp3) is 0.586. The maximum atomic E-state index is 13.7. The Hall–Kier alpha value is -3.00. The van der Waals surface area contributed by atoms with Gasteiger partial charge in [0, 0.05) is 25.6 Å². The van der Waals surface area contributed by atoms with Gasteiger partial charge in [-0.25, -0.2) is 0 Å². The third-order valence-electron chi connectivity index (χ3n) is 7.40. The zero-order valence-electron chi connectivity index (χ0n) is 22.4. The molecule has 2 amide bonds. The second kappa shape index (κ2) is 13.0. The lowest BCUT2D eigenvalue weighted by Gasteiger charge is -2.30. The first kappa shape index (κ1) is 27.0. The van der Waals surface area contributed by atoms with Crippen LogP contribution in [0.15, 0.2) is 34.7 Å². The van der Waals surface area contributed by atoms with Crippen LogP contribution in [0.25, 0.3) is 0 Å². The SMILES string of the molecule is COc1ccc(CCN(Cc2ccc(C)o2)C(=O)CN(C[C@@H]2CCCO2)C(=O)C2CCCC2)cc1OC. The highest BCUT2D eigenvalue weighted by molar-refractivity contribution is 5.86. The molecular weight excluding hydrogens is 472 g/mol. The highest BCUT2D eigenvalue weighted by Crippen LogP contribution is 2.29. The van der Waals surface area contributed by atoms with Crippen LogP contribution in [-0.2, 0) is 27.3 Å². The van der Waals surface area contributed by atoms with Crippen molar-refractivity contribution in [1.82, 2.24) is 9.80 Å². The number of nitrogens with zero attached hydrogens (tertiary/aromatic N) is 2. The normalized spacial score (nSPS) is 17.6. The minimum absolute atomic E-state index is 0.00564. The number of hydrogen-bond acceptors (Lipinski definition) is 6. The summed E-state index contributed by atoms with van der Waals surface area (Å²) in [6, 6.07) is 9.60. The lowest BCUT2D eigenvalue weighted by atomic mass is 10.1. The summed E-state index contributed by atoms with van der Waals surface area (Å²) in [5, 5.41) is 0.